The number of nitrogens with zero attached hydrogens (tertiary/aromatic N) is 2. The van der Waals surface area contributed by atoms with Crippen LogP contribution in [0.15, 0.2) is 40.2 Å². The lowest BCUT2D eigenvalue weighted by molar-refractivity contribution is -0.00684. The van der Waals surface area contributed by atoms with E-state index in [1.165, 1.54) is 0 Å². The number of hydrogen-bond donors (Lipinski definition) is 2. The molecule has 1 fully saturated rings. The van der Waals surface area contributed by atoms with Crippen LogP contribution in [0.5, 0.6) is 0 Å². The Morgan fingerprint density at radius 2 is 1.86 bits per heavy atom. The zero-order chi connectivity index (χ0) is 21.3. The number of guanidine groups is 1. The van der Waals surface area contributed by atoms with Crippen LogP contribution in [-0.2, 0) is 14.6 Å². The van der Waals surface area contributed by atoms with Crippen molar-refractivity contribution in [3.63, 3.8) is 0 Å². The molecule has 0 aliphatic carbocycles. The molecule has 29 heavy (non-hydrogen) atoms. The molecule has 1 saturated heterocycles. The second-order valence-corrected chi connectivity index (χ2v) is 9.99. The van der Waals surface area contributed by atoms with Gasteiger partial charge in [-0.05, 0) is 39.3 Å². The van der Waals surface area contributed by atoms with E-state index >= 15 is 0 Å². The summed E-state index contributed by atoms with van der Waals surface area (Å²) in [5.41, 5.74) is -0.0933. The van der Waals surface area contributed by atoms with Crippen LogP contribution in [-0.4, -0.2) is 76.0 Å². The zero-order valence-corrected chi connectivity index (χ0v) is 19.0. The molecule has 7 nitrogen and oxygen atoms in total. The van der Waals surface area contributed by atoms with Crippen molar-refractivity contribution < 1.29 is 13.2 Å². The Bertz CT molecular complexity index is 744. The Morgan fingerprint density at radius 1 is 1.21 bits per heavy atom. The van der Waals surface area contributed by atoms with Crippen molar-refractivity contribution in [1.29, 1.82) is 0 Å². The number of aliphatic imine (C=N–C) groups is 1. The summed E-state index contributed by atoms with van der Waals surface area (Å²) in [7, 11) is -3.36. The van der Waals surface area contributed by atoms with Crippen molar-refractivity contribution in [1.82, 2.24) is 15.5 Å². The van der Waals surface area contributed by atoms with E-state index in [9.17, 15) is 8.42 Å². The van der Waals surface area contributed by atoms with Crippen molar-refractivity contribution in [3.8, 4) is 0 Å². The molecule has 1 aliphatic heterocycles. The lowest BCUT2D eigenvalue weighted by Gasteiger charge is -2.40. The van der Waals surface area contributed by atoms with Gasteiger partial charge in [0.25, 0.3) is 0 Å². The zero-order valence-electron chi connectivity index (χ0n) is 18.1. The average molecular weight is 425 g/mol. The van der Waals surface area contributed by atoms with Crippen molar-refractivity contribution in [3.05, 3.63) is 30.3 Å². The molecule has 0 saturated carbocycles. The van der Waals surface area contributed by atoms with Crippen molar-refractivity contribution in [2.24, 2.45) is 4.99 Å². The Balaban J connectivity index is 2.05. The summed E-state index contributed by atoms with van der Waals surface area (Å²) in [6.07, 6.45) is 0.684. The van der Waals surface area contributed by atoms with Gasteiger partial charge in [-0.2, -0.15) is 0 Å². The lowest BCUT2D eigenvalue weighted by atomic mass is 10.0. The second-order valence-electron chi connectivity index (χ2n) is 7.95. The van der Waals surface area contributed by atoms with E-state index in [4.69, 9.17) is 9.73 Å². The molecule has 1 aromatic carbocycles. The first kappa shape index (κ1) is 23.6. The molecular weight excluding hydrogens is 388 g/mol. The quantitative estimate of drug-likeness (QED) is 0.465. The van der Waals surface area contributed by atoms with Crippen LogP contribution in [0, 0.1) is 0 Å². The number of sulfone groups is 1. The average Bonchev–Trinajstić information content (AvgIpc) is 2.73. The van der Waals surface area contributed by atoms with E-state index in [0.717, 1.165) is 26.3 Å². The van der Waals surface area contributed by atoms with Crippen molar-refractivity contribution >= 4 is 15.8 Å². The van der Waals surface area contributed by atoms with Gasteiger partial charge >= 0.3 is 0 Å². The van der Waals surface area contributed by atoms with Crippen LogP contribution in [0.3, 0.4) is 0 Å². The Labute approximate surface area is 175 Å². The van der Waals surface area contributed by atoms with Crippen LogP contribution < -0.4 is 10.6 Å². The Kier molecular flexibility index (Phi) is 8.92. The molecule has 0 spiro atoms. The van der Waals surface area contributed by atoms with E-state index < -0.39 is 9.84 Å². The van der Waals surface area contributed by atoms with Gasteiger partial charge in [-0.15, -0.1) is 0 Å². The maximum Gasteiger partial charge on any atom is 0.191 e. The SMILES string of the molecule is CCNC(=NCC(C)(C)N1CCOCC1)NC(CC)CS(=O)(=O)c1ccccc1. The molecule has 1 aliphatic rings. The fourth-order valence-electron chi connectivity index (χ4n) is 3.31. The van der Waals surface area contributed by atoms with E-state index in [0.29, 0.717) is 30.4 Å². The maximum absolute atomic E-state index is 12.7. The van der Waals surface area contributed by atoms with Gasteiger partial charge < -0.3 is 15.4 Å². The Hall–Kier alpha value is -1.64. The highest BCUT2D eigenvalue weighted by Crippen LogP contribution is 2.17. The summed E-state index contributed by atoms with van der Waals surface area (Å²) >= 11 is 0. The third-order valence-corrected chi connectivity index (χ3v) is 7.02. The highest BCUT2D eigenvalue weighted by molar-refractivity contribution is 7.91. The molecule has 2 N–H and O–H groups in total. The van der Waals surface area contributed by atoms with Gasteiger partial charge in [-0.1, -0.05) is 25.1 Å². The van der Waals surface area contributed by atoms with E-state index in [-0.39, 0.29) is 17.3 Å². The predicted molar refractivity (Wildman–Crippen MR) is 118 cm³/mol. The largest absolute Gasteiger partial charge is 0.379 e. The molecule has 1 aromatic rings. The maximum atomic E-state index is 12.7. The van der Waals surface area contributed by atoms with Crippen LogP contribution in [0.4, 0.5) is 0 Å². The third kappa shape index (κ3) is 7.28. The summed E-state index contributed by atoms with van der Waals surface area (Å²) in [5.74, 6) is 0.689. The van der Waals surface area contributed by atoms with E-state index in [1.807, 2.05) is 19.9 Å². The highest BCUT2D eigenvalue weighted by atomic mass is 32.2. The summed E-state index contributed by atoms with van der Waals surface area (Å²) in [6.45, 7) is 13.0. The van der Waals surface area contributed by atoms with Gasteiger partial charge in [0.1, 0.15) is 0 Å². The summed E-state index contributed by atoms with van der Waals surface area (Å²) < 4.78 is 30.9. The fraction of sp³-hybridized carbons (Fsp3) is 0.667. The standard InChI is InChI=1S/C21H36N4O3S/c1-5-18(16-29(26,27)19-10-8-7-9-11-19)24-20(22-6-2)23-17-21(3,4)25-12-14-28-15-13-25/h7-11,18H,5-6,12-17H2,1-4H3,(H2,22,23,24). The molecule has 1 unspecified atom stereocenters. The van der Waals surface area contributed by atoms with Crippen LogP contribution >= 0.6 is 0 Å². The molecule has 1 heterocycles. The normalized spacial score (nSPS) is 17.7. The minimum absolute atomic E-state index is 0.0325. The molecule has 1 atom stereocenters. The molecule has 0 radical (unpaired) electrons. The second kappa shape index (κ2) is 10.9. The van der Waals surface area contributed by atoms with Gasteiger partial charge in [0.05, 0.1) is 30.4 Å². The van der Waals surface area contributed by atoms with Crippen molar-refractivity contribution in [2.45, 2.75) is 50.6 Å². The number of rotatable bonds is 9. The van der Waals surface area contributed by atoms with Gasteiger partial charge in [-0.25, -0.2) is 8.42 Å². The third-order valence-electron chi connectivity index (χ3n) is 5.19. The van der Waals surface area contributed by atoms with E-state index in [2.05, 4.69) is 29.4 Å². The molecule has 2 rings (SSSR count). The van der Waals surface area contributed by atoms with Gasteiger partial charge in [0, 0.05) is 31.2 Å². The molecule has 164 valence electrons. The minimum atomic E-state index is -3.36. The minimum Gasteiger partial charge on any atom is -0.379 e. The first-order chi connectivity index (χ1) is 13.8. The number of ether oxygens (including phenoxy) is 1. The summed E-state index contributed by atoms with van der Waals surface area (Å²) in [5, 5.41) is 6.57. The number of morpholine rings is 1. The highest BCUT2D eigenvalue weighted by Gasteiger charge is 2.28. The van der Waals surface area contributed by atoms with Crippen molar-refractivity contribution in [2.75, 3.05) is 45.1 Å². The van der Waals surface area contributed by atoms with Gasteiger partial charge in [-0.3, -0.25) is 9.89 Å². The molecule has 0 bridgehead atoms. The number of nitrogens with one attached hydrogen (secondary N) is 2. The summed E-state index contributed by atoms with van der Waals surface area (Å²) in [6, 6.07) is 8.39. The predicted octanol–water partition coefficient (Wildman–Crippen LogP) is 1.90. The van der Waals surface area contributed by atoms with Crippen LogP contribution in [0.2, 0.25) is 0 Å². The lowest BCUT2D eigenvalue weighted by Crippen LogP contribution is -2.52. The van der Waals surface area contributed by atoms with E-state index in [1.54, 1.807) is 24.3 Å². The monoisotopic (exact) mass is 424 g/mol. The summed E-state index contributed by atoms with van der Waals surface area (Å²) in [4.78, 5) is 7.51. The first-order valence-electron chi connectivity index (χ1n) is 10.4. The molecule has 0 amide bonds. The van der Waals surface area contributed by atoms with Gasteiger partial charge in [0.15, 0.2) is 15.8 Å². The first-order valence-corrected chi connectivity index (χ1v) is 12.1. The number of benzene rings is 1. The smallest absolute Gasteiger partial charge is 0.191 e. The van der Waals surface area contributed by atoms with Gasteiger partial charge in [0.2, 0.25) is 0 Å². The Morgan fingerprint density at radius 3 is 2.45 bits per heavy atom. The fourth-order valence-corrected chi connectivity index (χ4v) is 4.92. The molecule has 0 aromatic heterocycles. The molecular formula is C21H36N4O3S. The number of hydrogen-bond acceptors (Lipinski definition) is 5. The van der Waals surface area contributed by atoms with Crippen LogP contribution in [0.25, 0.3) is 0 Å². The molecule has 8 heteroatoms. The topological polar surface area (TPSA) is 83.0 Å². The van der Waals surface area contributed by atoms with Crippen LogP contribution in [0.1, 0.15) is 34.1 Å².